The lowest BCUT2D eigenvalue weighted by Gasteiger charge is -2.52. The van der Waals surface area contributed by atoms with Crippen molar-refractivity contribution < 1.29 is 14.2 Å². The van der Waals surface area contributed by atoms with E-state index in [-0.39, 0.29) is 6.04 Å². The molecule has 0 aliphatic carbocycles. The molecule has 23 heavy (non-hydrogen) atoms. The normalized spacial score (nSPS) is 25.4. The summed E-state index contributed by atoms with van der Waals surface area (Å²) in [5.41, 5.74) is 0.660. The van der Waals surface area contributed by atoms with Gasteiger partial charge in [0.05, 0.1) is 12.6 Å². The molecule has 3 rings (SSSR count). The number of ether oxygens (including phenoxy) is 3. The first-order valence-electron chi connectivity index (χ1n) is 8.11. The van der Waals surface area contributed by atoms with E-state index in [1.165, 1.54) is 0 Å². The van der Waals surface area contributed by atoms with E-state index in [1.54, 1.807) is 7.11 Å². The maximum atomic E-state index is 6.42. The van der Waals surface area contributed by atoms with Crippen molar-refractivity contribution in [1.29, 1.82) is 0 Å². The molecule has 0 aromatic heterocycles. The maximum absolute atomic E-state index is 6.42. The van der Waals surface area contributed by atoms with Gasteiger partial charge in [0.25, 0.3) is 0 Å². The Bertz CT molecular complexity index is 595. The highest BCUT2D eigenvalue weighted by atomic mass is 32.1. The summed E-state index contributed by atoms with van der Waals surface area (Å²) < 4.78 is 17.3. The second-order valence-corrected chi connectivity index (χ2v) is 6.48. The predicted molar refractivity (Wildman–Crippen MR) is 92.9 cm³/mol. The van der Waals surface area contributed by atoms with Crippen LogP contribution in [0.25, 0.3) is 0 Å². The number of methoxy groups -OCH3 is 1. The molecule has 126 valence electrons. The molecule has 1 N–H and O–H groups in total. The van der Waals surface area contributed by atoms with Crippen molar-refractivity contribution in [2.45, 2.75) is 38.5 Å². The molecule has 0 spiro atoms. The zero-order valence-electron chi connectivity index (χ0n) is 13.9. The lowest BCUT2D eigenvalue weighted by molar-refractivity contribution is -0.0715. The summed E-state index contributed by atoms with van der Waals surface area (Å²) in [5.74, 6) is 1.63. The van der Waals surface area contributed by atoms with Crippen LogP contribution in [-0.4, -0.2) is 42.6 Å². The van der Waals surface area contributed by atoms with Gasteiger partial charge < -0.3 is 24.4 Å². The monoisotopic (exact) mass is 336 g/mol. The molecule has 6 heteroatoms. The number of rotatable bonds is 6. The summed E-state index contributed by atoms with van der Waals surface area (Å²) in [5, 5.41) is 4.20. The second kappa shape index (κ2) is 6.53. The van der Waals surface area contributed by atoms with Gasteiger partial charge in [-0.3, -0.25) is 0 Å². The third-order valence-corrected chi connectivity index (χ3v) is 4.77. The average Bonchev–Trinajstić information content (AvgIpc) is 2.51. The standard InChI is InChI=1S/C17H24N2O3S/c1-4-21-14-8-5-7-12-13-11-17(2,22-15(12)14)19(16(23)18-13)9-6-10-20-3/h5,7-8,13H,4,6,9-11H2,1-3H3,(H,18,23)/t13-,17+/m1/s1. The van der Waals surface area contributed by atoms with Crippen molar-refractivity contribution >= 4 is 17.3 Å². The Balaban J connectivity index is 1.91. The molecule has 0 saturated carbocycles. The smallest absolute Gasteiger partial charge is 0.184 e. The van der Waals surface area contributed by atoms with Gasteiger partial charge in [0.15, 0.2) is 22.3 Å². The molecular weight excluding hydrogens is 312 g/mol. The minimum Gasteiger partial charge on any atom is -0.490 e. The fraction of sp³-hybridized carbons (Fsp3) is 0.588. The van der Waals surface area contributed by atoms with Crippen molar-refractivity contribution in [3.8, 4) is 11.5 Å². The number of nitrogens with zero attached hydrogens (tertiary/aromatic N) is 1. The van der Waals surface area contributed by atoms with Crippen molar-refractivity contribution in [3.63, 3.8) is 0 Å². The maximum Gasteiger partial charge on any atom is 0.184 e. The topological polar surface area (TPSA) is 43.0 Å². The summed E-state index contributed by atoms with van der Waals surface area (Å²) in [7, 11) is 1.71. The Kier molecular flexibility index (Phi) is 4.64. The lowest BCUT2D eigenvalue weighted by Crippen LogP contribution is -2.64. The number of hydrogen-bond donors (Lipinski definition) is 1. The summed E-state index contributed by atoms with van der Waals surface area (Å²) in [4.78, 5) is 2.13. The van der Waals surface area contributed by atoms with Crippen LogP contribution >= 0.6 is 12.2 Å². The Morgan fingerprint density at radius 2 is 2.30 bits per heavy atom. The number of benzene rings is 1. The first-order chi connectivity index (χ1) is 11.1. The Labute approximate surface area is 142 Å². The van der Waals surface area contributed by atoms with Crippen LogP contribution in [0, 0.1) is 0 Å². The van der Waals surface area contributed by atoms with Crippen LogP contribution in [-0.2, 0) is 4.74 Å². The van der Waals surface area contributed by atoms with Gasteiger partial charge in [0.2, 0.25) is 0 Å². The third-order valence-electron chi connectivity index (χ3n) is 4.43. The first kappa shape index (κ1) is 16.3. The number of hydrogen-bond acceptors (Lipinski definition) is 4. The minimum atomic E-state index is -0.457. The molecule has 2 atom stereocenters. The zero-order chi connectivity index (χ0) is 16.4. The van der Waals surface area contributed by atoms with Gasteiger partial charge in [0.1, 0.15) is 0 Å². The van der Waals surface area contributed by atoms with E-state index in [0.29, 0.717) is 13.2 Å². The fourth-order valence-corrected chi connectivity index (χ4v) is 3.80. The van der Waals surface area contributed by atoms with Crippen LogP contribution < -0.4 is 14.8 Å². The Hall–Kier alpha value is -1.53. The lowest BCUT2D eigenvalue weighted by atomic mass is 9.90. The third kappa shape index (κ3) is 2.97. The van der Waals surface area contributed by atoms with Gasteiger partial charge in [-0.15, -0.1) is 0 Å². The SMILES string of the molecule is CCOc1cccc2c1O[C@@]1(C)C[C@H]2NC(=S)N1CCCOC. The number of fused-ring (bicyclic) bond motifs is 4. The van der Waals surface area contributed by atoms with Gasteiger partial charge >= 0.3 is 0 Å². The van der Waals surface area contributed by atoms with E-state index in [0.717, 1.165) is 41.6 Å². The number of thiocarbonyl (C=S) groups is 1. The molecule has 1 fully saturated rings. The summed E-state index contributed by atoms with van der Waals surface area (Å²) >= 11 is 5.58. The fourth-order valence-electron chi connectivity index (χ4n) is 3.38. The quantitative estimate of drug-likeness (QED) is 0.636. The van der Waals surface area contributed by atoms with Gasteiger partial charge in [-0.05, 0) is 38.6 Å². The van der Waals surface area contributed by atoms with E-state index in [9.17, 15) is 0 Å². The largest absolute Gasteiger partial charge is 0.490 e. The van der Waals surface area contributed by atoms with E-state index in [2.05, 4.69) is 23.2 Å². The highest BCUT2D eigenvalue weighted by Gasteiger charge is 2.48. The summed E-state index contributed by atoms with van der Waals surface area (Å²) in [6.07, 6.45) is 1.75. The van der Waals surface area contributed by atoms with E-state index >= 15 is 0 Å². The number of nitrogens with one attached hydrogen (secondary N) is 1. The second-order valence-electron chi connectivity index (χ2n) is 6.09. The van der Waals surface area contributed by atoms with Crippen LogP contribution in [0.5, 0.6) is 11.5 Å². The Morgan fingerprint density at radius 3 is 3.04 bits per heavy atom. The predicted octanol–water partition coefficient (Wildman–Crippen LogP) is 2.85. The highest BCUT2D eigenvalue weighted by molar-refractivity contribution is 7.80. The van der Waals surface area contributed by atoms with E-state index < -0.39 is 5.72 Å². The molecule has 2 aliphatic rings. The summed E-state index contributed by atoms with van der Waals surface area (Å²) in [6.45, 7) is 6.21. The van der Waals surface area contributed by atoms with Crippen molar-refractivity contribution in [2.75, 3.05) is 26.9 Å². The molecule has 1 aromatic rings. The molecule has 2 heterocycles. The van der Waals surface area contributed by atoms with Crippen molar-refractivity contribution in [3.05, 3.63) is 23.8 Å². The van der Waals surface area contributed by atoms with Gasteiger partial charge in [0, 0.05) is 32.2 Å². The molecule has 0 amide bonds. The van der Waals surface area contributed by atoms with Crippen molar-refractivity contribution in [1.82, 2.24) is 10.2 Å². The van der Waals surface area contributed by atoms with E-state index in [1.807, 2.05) is 19.1 Å². The average molecular weight is 336 g/mol. The molecule has 0 radical (unpaired) electrons. The van der Waals surface area contributed by atoms with Gasteiger partial charge in [-0.1, -0.05) is 12.1 Å². The zero-order valence-corrected chi connectivity index (χ0v) is 14.7. The molecule has 1 saturated heterocycles. The molecule has 2 aliphatic heterocycles. The molecule has 1 aromatic carbocycles. The van der Waals surface area contributed by atoms with Gasteiger partial charge in [-0.25, -0.2) is 0 Å². The van der Waals surface area contributed by atoms with Crippen LogP contribution in [0.4, 0.5) is 0 Å². The highest BCUT2D eigenvalue weighted by Crippen LogP contribution is 2.48. The van der Waals surface area contributed by atoms with E-state index in [4.69, 9.17) is 26.4 Å². The van der Waals surface area contributed by atoms with Crippen LogP contribution in [0.15, 0.2) is 18.2 Å². The van der Waals surface area contributed by atoms with Crippen molar-refractivity contribution in [2.24, 2.45) is 0 Å². The molecule has 5 nitrogen and oxygen atoms in total. The molecular formula is C17H24N2O3S. The molecule has 0 unspecified atom stereocenters. The molecule has 2 bridgehead atoms. The number of para-hydroxylation sites is 1. The minimum absolute atomic E-state index is 0.162. The first-order valence-corrected chi connectivity index (χ1v) is 8.51. The Morgan fingerprint density at radius 1 is 1.48 bits per heavy atom. The van der Waals surface area contributed by atoms with Crippen LogP contribution in [0.2, 0.25) is 0 Å². The summed E-state index contributed by atoms with van der Waals surface area (Å²) in [6, 6.07) is 6.21. The van der Waals surface area contributed by atoms with Gasteiger partial charge in [-0.2, -0.15) is 0 Å². The van der Waals surface area contributed by atoms with Crippen LogP contribution in [0.3, 0.4) is 0 Å². The van der Waals surface area contributed by atoms with Crippen LogP contribution in [0.1, 0.15) is 38.3 Å².